The van der Waals surface area contributed by atoms with Crippen LogP contribution < -0.4 is 15.4 Å². The van der Waals surface area contributed by atoms with Crippen molar-refractivity contribution in [2.45, 2.75) is 0 Å². The number of fused-ring (bicyclic) bond motifs is 1. The number of anilines is 1. The maximum atomic E-state index is 12.4. The number of methoxy groups -OCH3 is 1. The second kappa shape index (κ2) is 8.52. The van der Waals surface area contributed by atoms with Crippen molar-refractivity contribution >= 4 is 51.6 Å². The van der Waals surface area contributed by atoms with Crippen molar-refractivity contribution < 1.29 is 9.53 Å². The largest absolute Gasteiger partial charge is 0.495 e. The average molecular weight is 437 g/mol. The van der Waals surface area contributed by atoms with Crippen LogP contribution in [-0.2, 0) is 0 Å². The van der Waals surface area contributed by atoms with E-state index in [2.05, 4.69) is 20.6 Å². The second-order valence-electron chi connectivity index (χ2n) is 6.44. The molecular weight excluding hydrogens is 420 g/mol. The van der Waals surface area contributed by atoms with Crippen molar-refractivity contribution in [1.29, 1.82) is 0 Å². The molecule has 30 heavy (non-hydrogen) atoms. The highest BCUT2D eigenvalue weighted by molar-refractivity contribution is 7.80. The van der Waals surface area contributed by atoms with Gasteiger partial charge in [-0.05, 0) is 66.8 Å². The van der Waals surface area contributed by atoms with Gasteiger partial charge >= 0.3 is 0 Å². The van der Waals surface area contributed by atoms with Gasteiger partial charge in [-0.25, -0.2) is 4.98 Å². The first kappa shape index (κ1) is 19.9. The molecule has 0 atom stereocenters. The van der Waals surface area contributed by atoms with E-state index in [0.29, 0.717) is 16.3 Å². The Bertz CT molecular complexity index is 1200. The highest BCUT2D eigenvalue weighted by Crippen LogP contribution is 2.25. The first-order chi connectivity index (χ1) is 14.5. The number of hydrogen-bond acceptors (Lipinski definition) is 4. The number of H-pyrrole nitrogens is 1. The van der Waals surface area contributed by atoms with Crippen LogP contribution in [0.1, 0.15) is 10.4 Å². The molecule has 0 aliphatic heterocycles. The standard InChI is InChI=1S/C22H17ClN4O2S/c1-29-19-11-8-14(12-16(19)23)21(28)27-22(30)24-15-9-6-13(7-10-15)20-25-17-4-2-3-5-18(17)26-20/h2-12H,1H3,(H,25,26)(H2,24,27,28,30). The molecule has 0 aliphatic rings. The summed E-state index contributed by atoms with van der Waals surface area (Å²) in [6.07, 6.45) is 0. The molecule has 8 heteroatoms. The number of carbonyl (C=O) groups excluding carboxylic acids is 1. The molecule has 0 fully saturated rings. The number of hydrogen-bond donors (Lipinski definition) is 3. The molecule has 150 valence electrons. The maximum Gasteiger partial charge on any atom is 0.257 e. The minimum absolute atomic E-state index is 0.184. The fraction of sp³-hybridized carbons (Fsp3) is 0.0455. The minimum Gasteiger partial charge on any atom is -0.495 e. The Labute approximate surface area is 183 Å². The van der Waals surface area contributed by atoms with Crippen LogP contribution in [0.2, 0.25) is 5.02 Å². The zero-order valence-electron chi connectivity index (χ0n) is 15.9. The number of imidazole rings is 1. The van der Waals surface area contributed by atoms with Gasteiger partial charge in [-0.15, -0.1) is 0 Å². The number of amides is 1. The van der Waals surface area contributed by atoms with Crippen LogP contribution in [0.4, 0.5) is 5.69 Å². The van der Waals surface area contributed by atoms with Gasteiger partial charge in [0, 0.05) is 16.8 Å². The average Bonchev–Trinajstić information content (AvgIpc) is 3.18. The topological polar surface area (TPSA) is 79.0 Å². The van der Waals surface area contributed by atoms with E-state index in [1.165, 1.54) is 13.2 Å². The van der Waals surface area contributed by atoms with Gasteiger partial charge in [-0.2, -0.15) is 0 Å². The summed E-state index contributed by atoms with van der Waals surface area (Å²) in [6, 6.07) is 20.2. The summed E-state index contributed by atoms with van der Waals surface area (Å²) in [7, 11) is 1.51. The number of benzene rings is 3. The Hall–Kier alpha value is -3.42. The molecule has 0 unspecified atom stereocenters. The zero-order chi connectivity index (χ0) is 21.1. The normalized spacial score (nSPS) is 10.6. The van der Waals surface area contributed by atoms with Crippen LogP contribution in [-0.4, -0.2) is 28.1 Å². The summed E-state index contributed by atoms with van der Waals surface area (Å²) >= 11 is 11.3. The fourth-order valence-corrected chi connectivity index (χ4v) is 3.41. The molecule has 1 heterocycles. The van der Waals surface area contributed by atoms with Crippen molar-refractivity contribution in [2.24, 2.45) is 0 Å². The molecule has 6 nitrogen and oxygen atoms in total. The molecule has 1 aromatic heterocycles. The van der Waals surface area contributed by atoms with Crippen molar-refractivity contribution in [3.63, 3.8) is 0 Å². The molecular formula is C22H17ClN4O2S. The number of nitrogens with one attached hydrogen (secondary N) is 3. The Morgan fingerprint density at radius 3 is 2.57 bits per heavy atom. The van der Waals surface area contributed by atoms with Crippen molar-refractivity contribution in [2.75, 3.05) is 12.4 Å². The Balaban J connectivity index is 1.41. The number of carbonyl (C=O) groups is 1. The highest BCUT2D eigenvalue weighted by Gasteiger charge is 2.11. The van der Waals surface area contributed by atoms with Gasteiger partial charge in [0.15, 0.2) is 5.11 Å². The number of halogens is 1. The van der Waals surface area contributed by atoms with E-state index >= 15 is 0 Å². The number of ether oxygens (including phenoxy) is 1. The third-order valence-electron chi connectivity index (χ3n) is 4.45. The number of aromatic amines is 1. The van der Waals surface area contributed by atoms with Crippen LogP contribution in [0.5, 0.6) is 5.75 Å². The molecule has 0 saturated heterocycles. The Morgan fingerprint density at radius 1 is 1.10 bits per heavy atom. The lowest BCUT2D eigenvalue weighted by atomic mass is 10.2. The Kier molecular flexibility index (Phi) is 5.65. The van der Waals surface area contributed by atoms with Crippen LogP contribution >= 0.6 is 23.8 Å². The molecule has 3 aromatic carbocycles. The summed E-state index contributed by atoms with van der Waals surface area (Å²) in [5.41, 5.74) is 3.96. The molecule has 4 aromatic rings. The molecule has 0 radical (unpaired) electrons. The number of thiocarbonyl (C=S) groups is 1. The molecule has 3 N–H and O–H groups in total. The monoisotopic (exact) mass is 436 g/mol. The first-order valence-electron chi connectivity index (χ1n) is 9.04. The quantitative estimate of drug-likeness (QED) is 0.391. The number of para-hydroxylation sites is 2. The molecule has 0 bridgehead atoms. The minimum atomic E-state index is -0.365. The van der Waals surface area contributed by atoms with Crippen LogP contribution in [0, 0.1) is 0 Å². The maximum absolute atomic E-state index is 12.4. The van der Waals surface area contributed by atoms with Gasteiger partial charge in [0.1, 0.15) is 11.6 Å². The van der Waals surface area contributed by atoms with Crippen LogP contribution in [0.25, 0.3) is 22.4 Å². The zero-order valence-corrected chi connectivity index (χ0v) is 17.5. The molecule has 1 amide bonds. The van der Waals surface area contributed by atoms with E-state index in [1.54, 1.807) is 12.1 Å². The van der Waals surface area contributed by atoms with Gasteiger partial charge < -0.3 is 15.0 Å². The van der Waals surface area contributed by atoms with Gasteiger partial charge in [-0.3, -0.25) is 10.1 Å². The summed E-state index contributed by atoms with van der Waals surface area (Å²) in [6.45, 7) is 0. The highest BCUT2D eigenvalue weighted by atomic mass is 35.5. The lowest BCUT2D eigenvalue weighted by Gasteiger charge is -2.11. The lowest BCUT2D eigenvalue weighted by Crippen LogP contribution is -2.34. The predicted octanol–water partition coefficient (Wildman–Crippen LogP) is 5.02. The van der Waals surface area contributed by atoms with Crippen molar-refractivity contribution in [3.8, 4) is 17.1 Å². The van der Waals surface area contributed by atoms with E-state index in [4.69, 9.17) is 28.6 Å². The van der Waals surface area contributed by atoms with E-state index in [9.17, 15) is 4.79 Å². The third-order valence-corrected chi connectivity index (χ3v) is 4.95. The lowest BCUT2D eigenvalue weighted by molar-refractivity contribution is 0.0977. The van der Waals surface area contributed by atoms with Crippen LogP contribution in [0.3, 0.4) is 0 Å². The predicted molar refractivity (Wildman–Crippen MR) is 123 cm³/mol. The van der Waals surface area contributed by atoms with E-state index < -0.39 is 0 Å². The van der Waals surface area contributed by atoms with E-state index in [0.717, 1.165) is 28.1 Å². The molecule has 4 rings (SSSR count). The second-order valence-corrected chi connectivity index (χ2v) is 7.25. The fourth-order valence-electron chi connectivity index (χ4n) is 2.95. The Morgan fingerprint density at radius 2 is 1.87 bits per heavy atom. The molecule has 0 saturated carbocycles. The van der Waals surface area contributed by atoms with Crippen molar-refractivity contribution in [3.05, 3.63) is 77.3 Å². The van der Waals surface area contributed by atoms with E-state index in [-0.39, 0.29) is 11.0 Å². The summed E-state index contributed by atoms with van der Waals surface area (Å²) in [4.78, 5) is 20.3. The number of nitrogens with zero attached hydrogens (tertiary/aromatic N) is 1. The number of aromatic nitrogens is 2. The van der Waals surface area contributed by atoms with E-state index in [1.807, 2.05) is 48.5 Å². The third kappa shape index (κ3) is 4.27. The first-order valence-corrected chi connectivity index (χ1v) is 9.83. The van der Waals surface area contributed by atoms with Gasteiger partial charge in [0.2, 0.25) is 0 Å². The molecule has 0 spiro atoms. The summed E-state index contributed by atoms with van der Waals surface area (Å²) < 4.78 is 5.09. The smallest absolute Gasteiger partial charge is 0.257 e. The van der Waals surface area contributed by atoms with Gasteiger partial charge in [0.25, 0.3) is 5.91 Å². The summed E-state index contributed by atoms with van der Waals surface area (Å²) in [5.74, 6) is 0.921. The van der Waals surface area contributed by atoms with Gasteiger partial charge in [-0.1, -0.05) is 23.7 Å². The summed E-state index contributed by atoms with van der Waals surface area (Å²) in [5, 5.41) is 6.17. The van der Waals surface area contributed by atoms with Crippen molar-refractivity contribution in [1.82, 2.24) is 15.3 Å². The van der Waals surface area contributed by atoms with Gasteiger partial charge in [0.05, 0.1) is 23.2 Å². The SMILES string of the molecule is COc1ccc(C(=O)NC(=S)Nc2ccc(-c3nc4ccccc4[nH]3)cc2)cc1Cl. The molecule has 0 aliphatic carbocycles. The number of rotatable bonds is 4. The van der Waals surface area contributed by atoms with Crippen LogP contribution in [0.15, 0.2) is 66.7 Å².